The molecule has 1 fully saturated rings. The van der Waals surface area contributed by atoms with Crippen molar-refractivity contribution in [2.45, 2.75) is 64.5 Å². The number of benzene rings is 1. The van der Waals surface area contributed by atoms with Crippen LogP contribution in [0.5, 0.6) is 0 Å². The molecule has 1 unspecified atom stereocenters. The van der Waals surface area contributed by atoms with E-state index in [0.717, 1.165) is 60.3 Å². The van der Waals surface area contributed by atoms with Gasteiger partial charge in [-0.05, 0) is 81.2 Å². The number of anilines is 1. The third-order valence-corrected chi connectivity index (χ3v) is 7.25. The van der Waals surface area contributed by atoms with E-state index in [-0.39, 0.29) is 23.9 Å². The van der Waals surface area contributed by atoms with Gasteiger partial charge in [-0.3, -0.25) is 4.79 Å². The molecular formula is C28H33N7O. The lowest BCUT2D eigenvalue weighted by Crippen LogP contribution is -2.28. The molecule has 2 aliphatic rings. The number of aromatic nitrogens is 3. The number of carbonyl (C=O) groups is 1. The largest absolute Gasteiger partial charge is 0.328 e. The van der Waals surface area contributed by atoms with Crippen molar-refractivity contribution in [3.05, 3.63) is 59.3 Å². The molecule has 0 saturated heterocycles. The zero-order valence-electron chi connectivity index (χ0n) is 20.9. The zero-order chi connectivity index (χ0) is 25.2. The van der Waals surface area contributed by atoms with Gasteiger partial charge >= 0.3 is 0 Å². The van der Waals surface area contributed by atoms with Gasteiger partial charge in [0.15, 0.2) is 5.82 Å². The molecule has 5 rings (SSSR count). The van der Waals surface area contributed by atoms with E-state index in [4.69, 9.17) is 21.2 Å². The summed E-state index contributed by atoms with van der Waals surface area (Å²) in [6.45, 7) is 4.09. The summed E-state index contributed by atoms with van der Waals surface area (Å²) in [5.41, 5.74) is 10.7. The number of rotatable bonds is 5. The van der Waals surface area contributed by atoms with Crippen molar-refractivity contribution in [1.82, 2.24) is 14.8 Å². The lowest BCUT2D eigenvalue weighted by atomic mass is 9.92. The Morgan fingerprint density at radius 1 is 1.17 bits per heavy atom. The van der Waals surface area contributed by atoms with Gasteiger partial charge in [0.25, 0.3) is 5.91 Å². The summed E-state index contributed by atoms with van der Waals surface area (Å²) in [5.74, 6) is 1.33. The van der Waals surface area contributed by atoms with Gasteiger partial charge in [-0.1, -0.05) is 19.1 Å². The standard InChI is InChI=1S/C28H33N7O/c1-3-18-15-23(30)25-26(34-35(27(25)32-16-18)22-10-8-21(29)9-11-22)19-4-6-20(7-5-19)28(36)33-24-14-17(2)12-13-31-24/h4-7,12-14,16,18,21-22,30H,3,8-11,15,29H2,1-2H3,(H,31,33,36). The van der Waals surface area contributed by atoms with Crippen molar-refractivity contribution in [2.75, 3.05) is 5.32 Å². The molecule has 0 bridgehead atoms. The molecule has 1 aromatic carbocycles. The van der Waals surface area contributed by atoms with E-state index >= 15 is 0 Å². The monoisotopic (exact) mass is 483 g/mol. The molecule has 1 saturated carbocycles. The fourth-order valence-corrected chi connectivity index (χ4v) is 5.05. The number of hydrogen-bond acceptors (Lipinski definition) is 6. The van der Waals surface area contributed by atoms with Gasteiger partial charge in [0.1, 0.15) is 11.5 Å². The minimum absolute atomic E-state index is 0.217. The number of nitrogens with one attached hydrogen (secondary N) is 2. The highest BCUT2D eigenvalue weighted by atomic mass is 16.1. The second kappa shape index (κ2) is 10.1. The van der Waals surface area contributed by atoms with Crippen molar-refractivity contribution in [2.24, 2.45) is 16.6 Å². The molecule has 8 nitrogen and oxygen atoms in total. The Morgan fingerprint density at radius 3 is 2.61 bits per heavy atom. The molecule has 0 radical (unpaired) electrons. The third kappa shape index (κ3) is 4.86. The highest BCUT2D eigenvalue weighted by Gasteiger charge is 2.30. The maximum Gasteiger partial charge on any atom is 0.256 e. The van der Waals surface area contributed by atoms with E-state index in [1.54, 1.807) is 18.3 Å². The number of amides is 1. The smallest absolute Gasteiger partial charge is 0.256 e. The van der Waals surface area contributed by atoms with Crippen molar-refractivity contribution in [3.8, 4) is 11.3 Å². The number of nitrogens with two attached hydrogens (primary N) is 1. The van der Waals surface area contributed by atoms with Crippen LogP contribution in [0, 0.1) is 18.3 Å². The van der Waals surface area contributed by atoms with Gasteiger partial charge in [0.05, 0.1) is 11.6 Å². The van der Waals surface area contributed by atoms with E-state index in [1.807, 2.05) is 42.1 Å². The summed E-state index contributed by atoms with van der Waals surface area (Å²) in [5, 5.41) is 16.8. The van der Waals surface area contributed by atoms with E-state index < -0.39 is 0 Å². The Balaban J connectivity index is 1.47. The van der Waals surface area contributed by atoms with Crippen molar-refractivity contribution in [1.29, 1.82) is 5.41 Å². The van der Waals surface area contributed by atoms with Crippen LogP contribution in [0.1, 0.15) is 73.0 Å². The highest BCUT2D eigenvalue weighted by molar-refractivity contribution is 6.09. The number of fused-ring (bicyclic) bond motifs is 1. The van der Waals surface area contributed by atoms with Gasteiger partial charge in [-0.2, -0.15) is 5.10 Å². The predicted octanol–water partition coefficient (Wildman–Crippen LogP) is 5.45. The molecule has 1 atom stereocenters. The van der Waals surface area contributed by atoms with E-state index in [9.17, 15) is 4.79 Å². The summed E-state index contributed by atoms with van der Waals surface area (Å²) in [6, 6.07) is 11.6. The quantitative estimate of drug-likeness (QED) is 0.447. The minimum Gasteiger partial charge on any atom is -0.328 e. The molecule has 2 aromatic heterocycles. The summed E-state index contributed by atoms with van der Waals surface area (Å²) < 4.78 is 2.03. The molecule has 36 heavy (non-hydrogen) atoms. The van der Waals surface area contributed by atoms with Crippen LogP contribution in [0.2, 0.25) is 0 Å². The molecule has 1 aliphatic carbocycles. The molecule has 8 heteroatoms. The Hall–Kier alpha value is -3.65. The summed E-state index contributed by atoms with van der Waals surface area (Å²) in [7, 11) is 0. The normalized spacial score (nSPS) is 21.6. The molecule has 1 aliphatic heterocycles. The number of aryl methyl sites for hydroxylation is 1. The van der Waals surface area contributed by atoms with Crippen LogP contribution in [0.4, 0.5) is 11.6 Å². The average molecular weight is 484 g/mol. The first kappa shape index (κ1) is 24.1. The van der Waals surface area contributed by atoms with Crippen LogP contribution in [0.3, 0.4) is 0 Å². The molecule has 1 amide bonds. The number of pyridine rings is 1. The highest BCUT2D eigenvalue weighted by Crippen LogP contribution is 2.39. The number of carbonyl (C=O) groups excluding carboxylic acids is 1. The number of aliphatic imine (C=N–C) groups is 1. The fourth-order valence-electron chi connectivity index (χ4n) is 5.05. The predicted molar refractivity (Wildman–Crippen MR) is 143 cm³/mol. The molecule has 4 N–H and O–H groups in total. The second-order valence-electron chi connectivity index (χ2n) is 9.94. The van der Waals surface area contributed by atoms with Gasteiger partial charge in [-0.15, -0.1) is 0 Å². The minimum atomic E-state index is -0.217. The first-order chi connectivity index (χ1) is 17.4. The molecule has 0 spiro atoms. The van der Waals surface area contributed by atoms with Crippen molar-refractivity contribution >= 4 is 29.5 Å². The van der Waals surface area contributed by atoms with E-state index in [0.29, 0.717) is 23.5 Å². The van der Waals surface area contributed by atoms with Crippen LogP contribution in [0.25, 0.3) is 11.3 Å². The summed E-state index contributed by atoms with van der Waals surface area (Å²) in [6.07, 6.45) is 9.10. The first-order valence-corrected chi connectivity index (χ1v) is 12.8. The van der Waals surface area contributed by atoms with Gasteiger partial charge < -0.3 is 16.5 Å². The first-order valence-electron chi connectivity index (χ1n) is 12.8. The number of nitrogens with zero attached hydrogens (tertiary/aromatic N) is 4. The van der Waals surface area contributed by atoms with Crippen molar-refractivity contribution < 1.29 is 4.79 Å². The maximum atomic E-state index is 12.8. The number of hydrogen-bond donors (Lipinski definition) is 3. The molecule has 3 aromatic rings. The van der Waals surface area contributed by atoms with E-state index in [2.05, 4.69) is 17.2 Å². The van der Waals surface area contributed by atoms with Crippen LogP contribution in [-0.2, 0) is 0 Å². The Bertz CT molecular complexity index is 1300. The lowest BCUT2D eigenvalue weighted by Gasteiger charge is -2.27. The zero-order valence-corrected chi connectivity index (χ0v) is 20.9. The molecule has 186 valence electrons. The lowest BCUT2D eigenvalue weighted by molar-refractivity contribution is 0.102. The van der Waals surface area contributed by atoms with Gasteiger partial charge in [0, 0.05) is 35.3 Å². The van der Waals surface area contributed by atoms with Crippen LogP contribution in [-0.4, -0.2) is 38.6 Å². The fraction of sp³-hybridized carbons (Fsp3) is 0.393. The maximum absolute atomic E-state index is 12.8. The second-order valence-corrected chi connectivity index (χ2v) is 9.94. The third-order valence-electron chi connectivity index (χ3n) is 7.25. The van der Waals surface area contributed by atoms with Crippen LogP contribution in [0.15, 0.2) is 47.6 Å². The van der Waals surface area contributed by atoms with Crippen molar-refractivity contribution in [3.63, 3.8) is 0 Å². The summed E-state index contributed by atoms with van der Waals surface area (Å²) >= 11 is 0. The average Bonchev–Trinajstić information content (AvgIpc) is 3.18. The topological polar surface area (TPSA) is 122 Å². The summed E-state index contributed by atoms with van der Waals surface area (Å²) in [4.78, 5) is 21.8. The Kier molecular flexibility index (Phi) is 6.78. The van der Waals surface area contributed by atoms with Crippen LogP contribution >= 0.6 is 0 Å². The van der Waals surface area contributed by atoms with Crippen LogP contribution < -0.4 is 11.1 Å². The SMILES string of the molecule is CCC1C=Nc2c(c(-c3ccc(C(=O)Nc4cc(C)ccn4)cc3)nn2C2CCC(N)CC2)C(=N)C1. The van der Waals surface area contributed by atoms with E-state index in [1.165, 1.54) is 0 Å². The Morgan fingerprint density at radius 2 is 1.92 bits per heavy atom. The van der Waals surface area contributed by atoms with Gasteiger partial charge in [-0.25, -0.2) is 14.7 Å². The Labute approximate surface area is 211 Å². The van der Waals surface area contributed by atoms with Gasteiger partial charge in [0.2, 0.25) is 0 Å². The molecule has 3 heterocycles. The molecular weight excluding hydrogens is 450 g/mol.